The van der Waals surface area contributed by atoms with Crippen molar-refractivity contribution >= 4 is 5.97 Å². The van der Waals surface area contributed by atoms with Gasteiger partial charge in [0.1, 0.15) is 0 Å². The van der Waals surface area contributed by atoms with E-state index in [0.717, 1.165) is 0 Å². The molecule has 0 aliphatic carbocycles. The number of likely N-dealkylation sites (tertiary alicyclic amines) is 1. The molecule has 0 amide bonds. The van der Waals surface area contributed by atoms with Crippen molar-refractivity contribution in [2.45, 2.75) is 25.1 Å². The van der Waals surface area contributed by atoms with Crippen LogP contribution in [0, 0.1) is 5.92 Å². The molecule has 0 radical (unpaired) electrons. The van der Waals surface area contributed by atoms with Gasteiger partial charge >= 0.3 is 12.1 Å². The zero-order valence-electron chi connectivity index (χ0n) is 9.54. The van der Waals surface area contributed by atoms with Gasteiger partial charge in [-0.1, -0.05) is 0 Å². The molecule has 0 bridgehead atoms. The van der Waals surface area contributed by atoms with E-state index < -0.39 is 30.7 Å². The molecule has 100 valence electrons. The Morgan fingerprint density at radius 3 is 2.76 bits per heavy atom. The summed E-state index contributed by atoms with van der Waals surface area (Å²) in [6, 6.07) is 0. The van der Waals surface area contributed by atoms with Crippen LogP contribution >= 0.6 is 0 Å². The summed E-state index contributed by atoms with van der Waals surface area (Å²) < 4.78 is 41.0. The molecule has 1 unspecified atom stereocenters. The molecule has 1 rings (SSSR count). The first-order chi connectivity index (χ1) is 7.84. The van der Waals surface area contributed by atoms with Crippen molar-refractivity contribution in [1.82, 2.24) is 4.90 Å². The Bertz CT molecular complexity index is 270. The van der Waals surface area contributed by atoms with Crippen molar-refractivity contribution in [3.05, 3.63) is 0 Å². The Labute approximate surface area is 97.3 Å². The second kappa shape index (κ2) is 5.68. The molecule has 0 aromatic carbocycles. The summed E-state index contributed by atoms with van der Waals surface area (Å²) in [6.45, 7) is 0.178. The fourth-order valence-corrected chi connectivity index (χ4v) is 1.93. The van der Waals surface area contributed by atoms with E-state index in [9.17, 15) is 18.0 Å². The summed E-state index contributed by atoms with van der Waals surface area (Å²) in [5.74, 6) is -0.801. The van der Waals surface area contributed by atoms with E-state index in [0.29, 0.717) is 19.4 Å². The number of aliphatic hydroxyl groups excluding tert-OH is 1. The molecular weight excluding hydrogens is 239 g/mol. The van der Waals surface area contributed by atoms with Gasteiger partial charge in [0.2, 0.25) is 0 Å². The summed E-state index contributed by atoms with van der Waals surface area (Å²) in [7, 11) is 1.26. The molecule has 1 fully saturated rings. The molecule has 1 heterocycles. The zero-order chi connectivity index (χ0) is 13.1. The van der Waals surface area contributed by atoms with Crippen LogP contribution in [0.4, 0.5) is 13.2 Å². The van der Waals surface area contributed by atoms with E-state index in [2.05, 4.69) is 4.74 Å². The minimum absolute atomic E-state index is 0.208. The second-order valence-electron chi connectivity index (χ2n) is 4.18. The number of hydrogen-bond acceptors (Lipinski definition) is 4. The molecule has 7 heteroatoms. The lowest BCUT2D eigenvalue weighted by Crippen LogP contribution is -2.46. The van der Waals surface area contributed by atoms with E-state index in [4.69, 9.17) is 5.11 Å². The topological polar surface area (TPSA) is 49.8 Å². The van der Waals surface area contributed by atoms with E-state index in [1.807, 2.05) is 0 Å². The highest BCUT2D eigenvalue weighted by atomic mass is 19.4. The monoisotopic (exact) mass is 255 g/mol. The van der Waals surface area contributed by atoms with Gasteiger partial charge in [-0.3, -0.25) is 9.69 Å². The quantitative estimate of drug-likeness (QED) is 0.758. The number of piperidine rings is 1. The van der Waals surface area contributed by atoms with E-state index in [-0.39, 0.29) is 6.54 Å². The smallest absolute Gasteiger partial charge is 0.415 e. The summed E-state index contributed by atoms with van der Waals surface area (Å²) in [6.07, 6.45) is -5.73. The highest BCUT2D eigenvalue weighted by molar-refractivity contribution is 5.72. The number of β-amino-alcohol motifs (C(OH)–C–C–N with tert-alkyl or cyclic N) is 1. The molecule has 0 saturated carbocycles. The molecule has 1 saturated heterocycles. The van der Waals surface area contributed by atoms with Crippen LogP contribution in [-0.4, -0.2) is 55.0 Å². The number of esters is 1. The molecule has 1 N–H and O–H groups in total. The van der Waals surface area contributed by atoms with Crippen molar-refractivity contribution in [1.29, 1.82) is 0 Å². The van der Waals surface area contributed by atoms with Crippen LogP contribution in [0.2, 0.25) is 0 Å². The van der Waals surface area contributed by atoms with E-state index >= 15 is 0 Å². The standard InChI is InChI=1S/C10H16F3NO3/c1-17-9(16)7-3-2-4-14(5-7)6-8(15)10(11,12)13/h7-8,15H,2-6H2,1H3/t7-,8?/m0/s1. The van der Waals surface area contributed by atoms with Crippen LogP contribution in [0.25, 0.3) is 0 Å². The molecule has 0 aromatic heterocycles. The normalized spacial score (nSPS) is 24.4. The van der Waals surface area contributed by atoms with Gasteiger partial charge in [-0.05, 0) is 19.4 Å². The Morgan fingerprint density at radius 1 is 1.59 bits per heavy atom. The van der Waals surface area contributed by atoms with Gasteiger partial charge in [0.15, 0.2) is 6.10 Å². The van der Waals surface area contributed by atoms with Crippen LogP contribution in [0.5, 0.6) is 0 Å². The summed E-state index contributed by atoms with van der Waals surface area (Å²) in [5.41, 5.74) is 0. The Morgan fingerprint density at radius 2 is 2.24 bits per heavy atom. The largest absolute Gasteiger partial charge is 0.469 e. The first-order valence-corrected chi connectivity index (χ1v) is 5.39. The van der Waals surface area contributed by atoms with Crippen molar-refractivity contribution in [3.8, 4) is 0 Å². The summed E-state index contributed by atoms with van der Waals surface area (Å²) >= 11 is 0. The number of halogens is 3. The molecule has 17 heavy (non-hydrogen) atoms. The third-order valence-electron chi connectivity index (χ3n) is 2.85. The Balaban J connectivity index is 2.47. The van der Waals surface area contributed by atoms with Crippen molar-refractivity contribution in [2.75, 3.05) is 26.7 Å². The Hall–Kier alpha value is -0.820. The maximum Gasteiger partial charge on any atom is 0.415 e. The molecule has 0 aromatic rings. The minimum Gasteiger partial charge on any atom is -0.469 e. The highest BCUT2D eigenvalue weighted by Gasteiger charge is 2.40. The van der Waals surface area contributed by atoms with Gasteiger partial charge in [-0.25, -0.2) is 0 Å². The minimum atomic E-state index is -4.61. The number of nitrogens with zero attached hydrogens (tertiary/aromatic N) is 1. The van der Waals surface area contributed by atoms with Gasteiger partial charge < -0.3 is 9.84 Å². The summed E-state index contributed by atoms with van der Waals surface area (Å²) in [5, 5.41) is 8.94. The molecular formula is C10H16F3NO3. The van der Waals surface area contributed by atoms with Crippen molar-refractivity contribution in [3.63, 3.8) is 0 Å². The maximum atomic E-state index is 12.2. The van der Waals surface area contributed by atoms with E-state index in [1.165, 1.54) is 12.0 Å². The summed E-state index contributed by atoms with van der Waals surface area (Å²) in [4.78, 5) is 12.7. The average Bonchev–Trinajstić information content (AvgIpc) is 2.27. The van der Waals surface area contributed by atoms with Gasteiger partial charge in [0.05, 0.1) is 13.0 Å². The predicted molar refractivity (Wildman–Crippen MR) is 53.2 cm³/mol. The van der Waals surface area contributed by atoms with Crippen LogP contribution in [0.1, 0.15) is 12.8 Å². The molecule has 1 aliphatic heterocycles. The first kappa shape index (κ1) is 14.2. The zero-order valence-corrected chi connectivity index (χ0v) is 9.54. The number of rotatable bonds is 3. The number of alkyl halides is 3. The number of carbonyl (C=O) groups excluding carboxylic acids is 1. The number of carbonyl (C=O) groups is 1. The average molecular weight is 255 g/mol. The third kappa shape index (κ3) is 4.16. The lowest BCUT2D eigenvalue weighted by Gasteiger charge is -2.32. The van der Waals surface area contributed by atoms with Crippen molar-refractivity contribution < 1.29 is 27.8 Å². The van der Waals surface area contributed by atoms with Gasteiger partial charge in [-0.2, -0.15) is 13.2 Å². The van der Waals surface area contributed by atoms with Gasteiger partial charge in [0.25, 0.3) is 0 Å². The predicted octanol–water partition coefficient (Wildman–Crippen LogP) is 0.795. The number of hydrogen-bond donors (Lipinski definition) is 1. The van der Waals surface area contributed by atoms with Crippen LogP contribution in [0.15, 0.2) is 0 Å². The van der Waals surface area contributed by atoms with Crippen LogP contribution in [0.3, 0.4) is 0 Å². The number of aliphatic hydroxyl groups is 1. The SMILES string of the molecule is COC(=O)[C@H]1CCCN(CC(O)C(F)(F)F)C1. The first-order valence-electron chi connectivity index (χ1n) is 5.39. The maximum absolute atomic E-state index is 12.2. The Kier molecular flexibility index (Phi) is 4.76. The van der Waals surface area contributed by atoms with Crippen molar-refractivity contribution in [2.24, 2.45) is 5.92 Å². The fourth-order valence-electron chi connectivity index (χ4n) is 1.93. The van der Waals surface area contributed by atoms with Crippen LogP contribution in [-0.2, 0) is 9.53 Å². The van der Waals surface area contributed by atoms with Gasteiger partial charge in [-0.15, -0.1) is 0 Å². The lowest BCUT2D eigenvalue weighted by atomic mass is 9.98. The molecule has 4 nitrogen and oxygen atoms in total. The fraction of sp³-hybridized carbons (Fsp3) is 0.900. The lowest BCUT2D eigenvalue weighted by molar-refractivity contribution is -0.209. The van der Waals surface area contributed by atoms with Crippen LogP contribution < -0.4 is 0 Å². The number of ether oxygens (including phenoxy) is 1. The van der Waals surface area contributed by atoms with E-state index in [1.54, 1.807) is 0 Å². The number of methoxy groups -OCH3 is 1. The molecule has 2 atom stereocenters. The molecule has 1 aliphatic rings. The second-order valence-corrected chi connectivity index (χ2v) is 4.18. The highest BCUT2D eigenvalue weighted by Crippen LogP contribution is 2.23. The third-order valence-corrected chi connectivity index (χ3v) is 2.85. The molecule has 0 spiro atoms. The van der Waals surface area contributed by atoms with Gasteiger partial charge in [0, 0.05) is 13.1 Å².